The van der Waals surface area contributed by atoms with E-state index in [4.69, 9.17) is 5.84 Å². The van der Waals surface area contributed by atoms with Gasteiger partial charge in [0.05, 0.1) is 5.39 Å². The summed E-state index contributed by atoms with van der Waals surface area (Å²) in [5.41, 5.74) is 0. The van der Waals surface area contributed by atoms with E-state index < -0.39 is 0 Å². The van der Waals surface area contributed by atoms with Crippen LogP contribution in [-0.2, 0) is 6.42 Å². The number of aromatic nitrogens is 2. The fourth-order valence-corrected chi connectivity index (χ4v) is 4.25. The van der Waals surface area contributed by atoms with Crippen LogP contribution in [-0.4, -0.2) is 46.2 Å². The molecule has 1 aliphatic rings. The standard InChI is InChI=1S/C16H24N6S2/c1-2-3-4-5-12-10-13-14(18-11-19-15(13)24-12)21-6-8-22(9-7-21)16(23)20-17/h10-11H,2-9,17H2,1H3,(H,20,23). The summed E-state index contributed by atoms with van der Waals surface area (Å²) in [6.45, 7) is 5.69. The highest BCUT2D eigenvalue weighted by Crippen LogP contribution is 2.31. The lowest BCUT2D eigenvalue weighted by Crippen LogP contribution is -2.48. The van der Waals surface area contributed by atoms with Crippen LogP contribution in [0.1, 0.15) is 31.1 Å². The number of nitrogens with two attached hydrogens (primary N) is 1. The molecule has 0 aromatic carbocycles. The summed E-state index contributed by atoms with van der Waals surface area (Å²) >= 11 is 6.10. The number of rotatable bonds is 5. The molecular weight excluding hydrogens is 340 g/mol. The molecule has 0 atom stereocenters. The SMILES string of the molecule is CCCCCc1cc2c(N3CCN(/C(S)=N/N)CC3)ncnc2s1. The molecule has 8 heteroatoms. The third kappa shape index (κ3) is 3.75. The molecule has 2 N–H and O–H groups in total. The van der Waals surface area contributed by atoms with Gasteiger partial charge >= 0.3 is 0 Å². The van der Waals surface area contributed by atoms with E-state index in [1.807, 2.05) is 0 Å². The molecule has 2 aromatic heterocycles. The van der Waals surface area contributed by atoms with Crippen molar-refractivity contribution in [2.75, 3.05) is 31.1 Å². The van der Waals surface area contributed by atoms with Gasteiger partial charge < -0.3 is 15.6 Å². The fraction of sp³-hybridized carbons (Fsp3) is 0.562. The van der Waals surface area contributed by atoms with Gasteiger partial charge in [0.25, 0.3) is 0 Å². The van der Waals surface area contributed by atoms with Crippen LogP contribution in [0.2, 0.25) is 0 Å². The second-order valence-electron chi connectivity index (χ2n) is 5.99. The van der Waals surface area contributed by atoms with Crippen LogP contribution in [0.4, 0.5) is 5.82 Å². The zero-order chi connectivity index (χ0) is 16.9. The molecule has 130 valence electrons. The number of thiol groups is 1. The summed E-state index contributed by atoms with van der Waals surface area (Å²) in [6.07, 6.45) is 6.59. The van der Waals surface area contributed by atoms with Crippen molar-refractivity contribution in [3.05, 3.63) is 17.3 Å². The molecule has 1 saturated heterocycles. The molecule has 0 unspecified atom stereocenters. The highest BCUT2D eigenvalue weighted by atomic mass is 32.1. The van der Waals surface area contributed by atoms with Crippen molar-refractivity contribution in [3.8, 4) is 0 Å². The van der Waals surface area contributed by atoms with E-state index in [1.54, 1.807) is 17.7 Å². The Balaban J connectivity index is 1.75. The third-order valence-electron chi connectivity index (χ3n) is 4.36. The monoisotopic (exact) mass is 364 g/mol. The summed E-state index contributed by atoms with van der Waals surface area (Å²) in [6, 6.07) is 2.28. The first kappa shape index (κ1) is 17.3. The van der Waals surface area contributed by atoms with Crippen molar-refractivity contribution in [2.24, 2.45) is 10.9 Å². The quantitative estimate of drug-likeness (QED) is 0.213. The van der Waals surface area contributed by atoms with Gasteiger partial charge in [0.1, 0.15) is 17.0 Å². The summed E-state index contributed by atoms with van der Waals surface area (Å²) < 4.78 is 0. The molecule has 0 amide bonds. The molecule has 0 radical (unpaired) electrons. The van der Waals surface area contributed by atoms with Crippen molar-refractivity contribution in [1.29, 1.82) is 0 Å². The van der Waals surface area contributed by atoms with Gasteiger partial charge in [-0.05, 0) is 18.9 Å². The lowest BCUT2D eigenvalue weighted by Gasteiger charge is -2.35. The smallest absolute Gasteiger partial charge is 0.179 e. The van der Waals surface area contributed by atoms with Crippen molar-refractivity contribution in [1.82, 2.24) is 14.9 Å². The molecule has 2 aromatic rings. The number of piperazine rings is 1. The van der Waals surface area contributed by atoms with Crippen LogP contribution in [0.5, 0.6) is 0 Å². The largest absolute Gasteiger partial charge is 0.352 e. The van der Waals surface area contributed by atoms with Gasteiger partial charge in [-0.2, -0.15) is 5.10 Å². The second-order valence-corrected chi connectivity index (χ2v) is 7.50. The highest BCUT2D eigenvalue weighted by Gasteiger charge is 2.21. The van der Waals surface area contributed by atoms with E-state index in [-0.39, 0.29) is 0 Å². The zero-order valence-electron chi connectivity index (χ0n) is 14.0. The van der Waals surface area contributed by atoms with E-state index >= 15 is 0 Å². The molecule has 1 fully saturated rings. The van der Waals surface area contributed by atoms with Crippen molar-refractivity contribution in [3.63, 3.8) is 0 Å². The predicted octanol–water partition coefficient (Wildman–Crippen LogP) is 2.71. The Bertz CT molecular complexity index is 706. The first-order chi connectivity index (χ1) is 11.7. The Hall–Kier alpha value is -1.54. The molecule has 24 heavy (non-hydrogen) atoms. The van der Waals surface area contributed by atoms with Crippen LogP contribution in [0.25, 0.3) is 10.2 Å². The fourth-order valence-electron chi connectivity index (χ4n) is 3.02. The zero-order valence-corrected chi connectivity index (χ0v) is 15.7. The lowest BCUT2D eigenvalue weighted by molar-refractivity contribution is 0.391. The average Bonchev–Trinajstić information content (AvgIpc) is 3.04. The average molecular weight is 365 g/mol. The topological polar surface area (TPSA) is 70.6 Å². The van der Waals surface area contributed by atoms with Crippen molar-refractivity contribution in [2.45, 2.75) is 32.6 Å². The van der Waals surface area contributed by atoms with E-state index in [2.05, 4.69) is 50.5 Å². The maximum Gasteiger partial charge on any atom is 0.179 e. The van der Waals surface area contributed by atoms with Gasteiger partial charge in [-0.15, -0.1) is 24.0 Å². The number of nitrogens with zero attached hydrogens (tertiary/aromatic N) is 5. The number of amidine groups is 1. The summed E-state index contributed by atoms with van der Waals surface area (Å²) in [7, 11) is 0. The number of unbranched alkanes of at least 4 members (excludes halogenated alkanes) is 2. The molecule has 3 rings (SSSR count). The molecule has 1 aliphatic heterocycles. The molecular formula is C16H24N6S2. The van der Waals surface area contributed by atoms with Gasteiger partial charge in [0, 0.05) is 31.1 Å². The van der Waals surface area contributed by atoms with Gasteiger partial charge in [0.15, 0.2) is 5.17 Å². The van der Waals surface area contributed by atoms with Gasteiger partial charge in [0.2, 0.25) is 0 Å². The van der Waals surface area contributed by atoms with E-state index in [0.717, 1.165) is 43.2 Å². The first-order valence-corrected chi connectivity index (χ1v) is 9.69. The number of anilines is 1. The minimum absolute atomic E-state index is 0.594. The summed E-state index contributed by atoms with van der Waals surface area (Å²) in [4.78, 5) is 15.9. The Labute approximate surface area is 152 Å². The lowest BCUT2D eigenvalue weighted by atomic mass is 10.2. The van der Waals surface area contributed by atoms with Crippen LogP contribution < -0.4 is 10.7 Å². The van der Waals surface area contributed by atoms with Crippen LogP contribution in [0.15, 0.2) is 17.5 Å². The Morgan fingerprint density at radius 1 is 1.29 bits per heavy atom. The van der Waals surface area contributed by atoms with Crippen LogP contribution >= 0.6 is 24.0 Å². The highest BCUT2D eigenvalue weighted by molar-refractivity contribution is 7.96. The molecule has 0 bridgehead atoms. The molecule has 0 spiro atoms. The van der Waals surface area contributed by atoms with Crippen LogP contribution in [0, 0.1) is 0 Å². The normalized spacial score (nSPS) is 16.2. The van der Waals surface area contributed by atoms with Crippen molar-refractivity contribution >= 4 is 45.2 Å². The maximum absolute atomic E-state index is 5.31. The van der Waals surface area contributed by atoms with Gasteiger partial charge in [-0.25, -0.2) is 9.97 Å². The van der Waals surface area contributed by atoms with Crippen molar-refractivity contribution < 1.29 is 0 Å². The Morgan fingerprint density at radius 2 is 2.08 bits per heavy atom. The number of aryl methyl sites for hydroxylation is 1. The minimum Gasteiger partial charge on any atom is -0.352 e. The Morgan fingerprint density at radius 3 is 2.79 bits per heavy atom. The van der Waals surface area contributed by atoms with E-state index in [0.29, 0.717) is 5.17 Å². The number of hydrazone groups is 1. The maximum atomic E-state index is 5.31. The number of hydrogen-bond donors (Lipinski definition) is 2. The number of hydrogen-bond acceptors (Lipinski definition) is 6. The number of thiophene rings is 1. The molecule has 0 saturated carbocycles. The third-order valence-corrected chi connectivity index (χ3v) is 5.86. The minimum atomic E-state index is 0.594. The molecule has 0 aliphatic carbocycles. The summed E-state index contributed by atoms with van der Waals surface area (Å²) in [5.74, 6) is 6.36. The second kappa shape index (κ2) is 8.02. The number of fused-ring (bicyclic) bond motifs is 1. The van der Waals surface area contributed by atoms with Gasteiger partial charge in [-0.3, -0.25) is 0 Å². The van der Waals surface area contributed by atoms with Gasteiger partial charge in [-0.1, -0.05) is 19.8 Å². The molecule has 3 heterocycles. The van der Waals surface area contributed by atoms with E-state index in [1.165, 1.54) is 29.5 Å². The van der Waals surface area contributed by atoms with Crippen LogP contribution in [0.3, 0.4) is 0 Å². The molecule has 6 nitrogen and oxygen atoms in total. The first-order valence-electron chi connectivity index (χ1n) is 8.43. The van der Waals surface area contributed by atoms with E-state index in [9.17, 15) is 0 Å². The Kier molecular flexibility index (Phi) is 5.78. The summed E-state index contributed by atoms with van der Waals surface area (Å²) in [5, 5.41) is 5.44. The predicted molar refractivity (Wildman–Crippen MR) is 105 cm³/mol.